The number of rotatable bonds is 5. The highest BCUT2D eigenvalue weighted by Crippen LogP contribution is 2.25. The highest BCUT2D eigenvalue weighted by molar-refractivity contribution is 7.89. The van der Waals surface area contributed by atoms with Crippen LogP contribution in [0.1, 0.15) is 46.3 Å². The first-order chi connectivity index (χ1) is 12.4. The minimum absolute atomic E-state index is 0.203. The van der Waals surface area contributed by atoms with E-state index in [1.54, 1.807) is 24.3 Å². The molecule has 3 rings (SSSR count). The number of amides is 1. The van der Waals surface area contributed by atoms with Gasteiger partial charge in [-0.3, -0.25) is 4.79 Å². The van der Waals surface area contributed by atoms with Crippen molar-refractivity contribution in [2.45, 2.75) is 44.4 Å². The Balaban J connectivity index is 1.79. The third-order valence-corrected chi connectivity index (χ3v) is 7.89. The third kappa shape index (κ3) is 4.00. The van der Waals surface area contributed by atoms with Gasteiger partial charge in [-0.15, -0.1) is 11.3 Å². The number of aryl methyl sites for hydroxylation is 2. The van der Waals surface area contributed by atoms with Gasteiger partial charge in [-0.1, -0.05) is 19.4 Å². The van der Waals surface area contributed by atoms with E-state index in [1.807, 2.05) is 13.0 Å². The lowest BCUT2D eigenvalue weighted by molar-refractivity contribution is 0.103. The number of carbonyl (C=O) groups excluding carboxylic acids is 1. The minimum Gasteiger partial charge on any atom is -0.321 e. The Morgan fingerprint density at radius 2 is 1.92 bits per heavy atom. The smallest absolute Gasteiger partial charge is 0.265 e. The van der Waals surface area contributed by atoms with Crippen molar-refractivity contribution in [2.24, 2.45) is 0 Å². The van der Waals surface area contributed by atoms with Crippen LogP contribution in [0.4, 0.5) is 5.69 Å². The zero-order chi connectivity index (χ0) is 18.7. The van der Waals surface area contributed by atoms with Gasteiger partial charge in [0.05, 0.1) is 9.77 Å². The van der Waals surface area contributed by atoms with Gasteiger partial charge in [0.2, 0.25) is 10.0 Å². The second-order valence-electron chi connectivity index (χ2n) is 6.52. The Labute approximate surface area is 159 Å². The molecule has 26 heavy (non-hydrogen) atoms. The standard InChI is InChI=1S/C19H24N2O3S2/c1-3-17-14(2)12-18(25-17)19(22)20-15-8-7-9-16(13-15)26(23,24)21-10-5-4-6-11-21/h7-9,12-13H,3-6,10-11H2,1-2H3,(H,20,22). The van der Waals surface area contributed by atoms with E-state index in [0.29, 0.717) is 23.7 Å². The van der Waals surface area contributed by atoms with Crippen molar-refractivity contribution in [1.29, 1.82) is 0 Å². The fraction of sp³-hybridized carbons (Fsp3) is 0.421. The molecule has 2 heterocycles. The van der Waals surface area contributed by atoms with Gasteiger partial charge in [-0.25, -0.2) is 8.42 Å². The molecule has 0 radical (unpaired) electrons. The maximum atomic E-state index is 12.8. The molecule has 1 saturated heterocycles. The molecule has 0 aliphatic carbocycles. The van der Waals surface area contributed by atoms with Crippen LogP contribution in [0.3, 0.4) is 0 Å². The average molecular weight is 393 g/mol. The molecule has 1 aliphatic heterocycles. The van der Waals surface area contributed by atoms with Crippen LogP contribution in [0.5, 0.6) is 0 Å². The second-order valence-corrected chi connectivity index (χ2v) is 9.59. The molecule has 140 valence electrons. The topological polar surface area (TPSA) is 66.5 Å². The molecule has 5 nitrogen and oxygen atoms in total. The molecular weight excluding hydrogens is 368 g/mol. The van der Waals surface area contributed by atoms with Gasteiger partial charge in [0, 0.05) is 23.7 Å². The molecule has 0 spiro atoms. The second kappa shape index (κ2) is 7.90. The summed E-state index contributed by atoms with van der Waals surface area (Å²) in [4.78, 5) is 14.6. The number of nitrogens with one attached hydrogen (secondary N) is 1. The Bertz CT molecular complexity index is 897. The third-order valence-electron chi connectivity index (χ3n) is 4.61. The number of hydrogen-bond acceptors (Lipinski definition) is 4. The average Bonchev–Trinajstić information content (AvgIpc) is 3.03. The summed E-state index contributed by atoms with van der Waals surface area (Å²) in [6.45, 7) is 5.19. The molecule has 1 amide bonds. The molecule has 0 bridgehead atoms. The largest absolute Gasteiger partial charge is 0.321 e. The van der Waals surface area contributed by atoms with Gasteiger partial charge in [0.15, 0.2) is 0 Å². The van der Waals surface area contributed by atoms with Gasteiger partial charge < -0.3 is 5.32 Å². The van der Waals surface area contributed by atoms with Crippen molar-refractivity contribution in [2.75, 3.05) is 18.4 Å². The summed E-state index contributed by atoms with van der Waals surface area (Å²) < 4.78 is 27.1. The summed E-state index contributed by atoms with van der Waals surface area (Å²) in [6, 6.07) is 8.40. The summed E-state index contributed by atoms with van der Waals surface area (Å²) in [6.07, 6.45) is 3.76. The van der Waals surface area contributed by atoms with Crippen molar-refractivity contribution in [3.63, 3.8) is 0 Å². The maximum Gasteiger partial charge on any atom is 0.265 e. The number of carbonyl (C=O) groups is 1. The van der Waals surface area contributed by atoms with E-state index >= 15 is 0 Å². The van der Waals surface area contributed by atoms with E-state index in [1.165, 1.54) is 20.5 Å². The predicted molar refractivity (Wildman–Crippen MR) is 105 cm³/mol. The first kappa shape index (κ1) is 19.1. The number of sulfonamides is 1. The number of nitrogens with zero attached hydrogens (tertiary/aromatic N) is 1. The van der Waals surface area contributed by atoms with Gasteiger partial charge in [0.25, 0.3) is 5.91 Å². The Kier molecular flexibility index (Phi) is 5.79. The lowest BCUT2D eigenvalue weighted by Crippen LogP contribution is -2.35. The Morgan fingerprint density at radius 1 is 1.19 bits per heavy atom. The summed E-state index contributed by atoms with van der Waals surface area (Å²) in [7, 11) is -3.51. The van der Waals surface area contributed by atoms with Crippen LogP contribution < -0.4 is 5.32 Å². The number of hydrogen-bond donors (Lipinski definition) is 1. The summed E-state index contributed by atoms with van der Waals surface area (Å²) in [5.74, 6) is -0.203. The summed E-state index contributed by atoms with van der Waals surface area (Å²) in [5, 5.41) is 2.83. The number of thiophene rings is 1. The highest BCUT2D eigenvalue weighted by atomic mass is 32.2. The van der Waals surface area contributed by atoms with E-state index < -0.39 is 10.0 Å². The van der Waals surface area contributed by atoms with Gasteiger partial charge in [-0.2, -0.15) is 4.31 Å². The Morgan fingerprint density at radius 3 is 2.58 bits per heavy atom. The predicted octanol–water partition coefficient (Wildman–Crippen LogP) is 4.05. The number of benzene rings is 1. The van der Waals surface area contributed by atoms with Crippen molar-refractivity contribution in [3.8, 4) is 0 Å². The normalized spacial score (nSPS) is 15.8. The molecular formula is C19H24N2O3S2. The fourth-order valence-corrected chi connectivity index (χ4v) is 5.74. The first-order valence-electron chi connectivity index (χ1n) is 8.92. The number of piperidine rings is 1. The lowest BCUT2D eigenvalue weighted by atomic mass is 10.2. The summed E-state index contributed by atoms with van der Waals surface area (Å²) >= 11 is 1.48. The number of anilines is 1. The molecule has 1 aliphatic rings. The van der Waals surface area contributed by atoms with Crippen LogP contribution in [0, 0.1) is 6.92 Å². The zero-order valence-electron chi connectivity index (χ0n) is 15.1. The van der Waals surface area contributed by atoms with E-state index in [-0.39, 0.29) is 10.8 Å². The molecule has 1 aromatic heterocycles. The molecule has 0 unspecified atom stereocenters. The van der Waals surface area contributed by atoms with Crippen LogP contribution in [0.2, 0.25) is 0 Å². The van der Waals surface area contributed by atoms with E-state index in [9.17, 15) is 13.2 Å². The quantitative estimate of drug-likeness (QED) is 0.835. The van der Waals surface area contributed by atoms with Crippen LogP contribution >= 0.6 is 11.3 Å². The molecule has 2 aromatic rings. The van der Waals surface area contributed by atoms with Crippen molar-refractivity contribution in [3.05, 3.63) is 45.6 Å². The zero-order valence-corrected chi connectivity index (χ0v) is 16.8. The van der Waals surface area contributed by atoms with Crippen molar-refractivity contribution >= 4 is 33.0 Å². The van der Waals surface area contributed by atoms with E-state index in [2.05, 4.69) is 12.2 Å². The molecule has 1 fully saturated rings. The van der Waals surface area contributed by atoms with Crippen molar-refractivity contribution in [1.82, 2.24) is 4.31 Å². The van der Waals surface area contributed by atoms with Crippen LogP contribution in [-0.2, 0) is 16.4 Å². The van der Waals surface area contributed by atoms with Gasteiger partial charge in [0.1, 0.15) is 0 Å². The SMILES string of the molecule is CCc1sc(C(=O)Nc2cccc(S(=O)(=O)N3CCCCC3)c2)cc1C. The molecule has 7 heteroatoms. The fourth-order valence-electron chi connectivity index (χ4n) is 3.16. The molecule has 1 aromatic carbocycles. The minimum atomic E-state index is -3.51. The van der Waals surface area contributed by atoms with Gasteiger partial charge in [-0.05, 0) is 56.0 Å². The van der Waals surface area contributed by atoms with Crippen LogP contribution in [0.25, 0.3) is 0 Å². The van der Waals surface area contributed by atoms with Crippen molar-refractivity contribution < 1.29 is 13.2 Å². The molecule has 0 atom stereocenters. The van der Waals surface area contributed by atoms with E-state index in [4.69, 9.17) is 0 Å². The molecule has 1 N–H and O–H groups in total. The van der Waals surface area contributed by atoms with Gasteiger partial charge >= 0.3 is 0 Å². The first-order valence-corrected chi connectivity index (χ1v) is 11.2. The van der Waals surface area contributed by atoms with Crippen LogP contribution in [-0.4, -0.2) is 31.7 Å². The Hall–Kier alpha value is -1.70. The van der Waals surface area contributed by atoms with E-state index in [0.717, 1.165) is 31.2 Å². The lowest BCUT2D eigenvalue weighted by Gasteiger charge is -2.26. The van der Waals surface area contributed by atoms with Crippen LogP contribution in [0.15, 0.2) is 35.2 Å². The molecule has 0 saturated carbocycles. The monoisotopic (exact) mass is 392 g/mol. The highest BCUT2D eigenvalue weighted by Gasteiger charge is 2.26. The maximum absolute atomic E-state index is 12.8. The summed E-state index contributed by atoms with van der Waals surface area (Å²) in [5.41, 5.74) is 1.61.